The van der Waals surface area contributed by atoms with Crippen molar-refractivity contribution >= 4 is 8.07 Å². The van der Waals surface area contributed by atoms with Crippen LogP contribution in [-0.4, -0.2) is 33.7 Å². The molecule has 98 valence electrons. The normalized spacial score (nSPS) is 12.1. The molecule has 0 aliphatic rings. The number of nitrogens with zero attached hydrogens (tertiary/aromatic N) is 1. The number of halogens is 1. The molecule has 1 nitrogen and oxygen atoms in total. The van der Waals surface area contributed by atoms with Crippen molar-refractivity contribution in [3.8, 4) is 0 Å². The number of rotatable bonds is 4. The van der Waals surface area contributed by atoms with Crippen molar-refractivity contribution in [3.63, 3.8) is 0 Å². The highest BCUT2D eigenvalue weighted by atomic mass is 127. The summed E-state index contributed by atoms with van der Waals surface area (Å²) < 4.78 is 0.993. The first-order valence-corrected chi connectivity index (χ1v) is 9.75. The third kappa shape index (κ3) is 7.94. The molecule has 0 radical (unpaired) electrons. The summed E-state index contributed by atoms with van der Waals surface area (Å²) in [6.07, 6.45) is 0. The van der Waals surface area contributed by atoms with Crippen molar-refractivity contribution in [1.29, 1.82) is 0 Å². The predicted octanol–water partition coefficient (Wildman–Crippen LogP) is 0.317. The average molecular weight is 363 g/mol. The van der Waals surface area contributed by atoms with E-state index in [2.05, 4.69) is 65.0 Å². The Morgan fingerprint density at radius 3 is 1.65 bits per heavy atom. The largest absolute Gasteiger partial charge is 1.00 e. The van der Waals surface area contributed by atoms with Crippen LogP contribution in [0.25, 0.3) is 0 Å². The highest BCUT2D eigenvalue weighted by Crippen LogP contribution is 2.14. The molecular formula is C14H26INSi. The van der Waals surface area contributed by atoms with E-state index in [1.54, 1.807) is 0 Å². The first kappa shape index (κ1) is 17.1. The van der Waals surface area contributed by atoms with Gasteiger partial charge in [-0.15, -0.1) is 0 Å². The monoisotopic (exact) mass is 363 g/mol. The third-order valence-corrected chi connectivity index (χ3v) is 3.88. The van der Waals surface area contributed by atoms with Gasteiger partial charge in [-0.25, -0.2) is 0 Å². The molecule has 0 saturated heterocycles. The van der Waals surface area contributed by atoms with Gasteiger partial charge < -0.3 is 28.5 Å². The lowest BCUT2D eigenvalue weighted by Crippen LogP contribution is -3.00. The van der Waals surface area contributed by atoms with Gasteiger partial charge in [-0.2, -0.15) is 0 Å². The van der Waals surface area contributed by atoms with E-state index >= 15 is 0 Å². The van der Waals surface area contributed by atoms with E-state index in [1.165, 1.54) is 17.2 Å². The van der Waals surface area contributed by atoms with Crippen LogP contribution in [0.5, 0.6) is 0 Å². The molecule has 0 spiro atoms. The molecule has 0 atom stereocenters. The quantitative estimate of drug-likeness (QED) is 0.411. The van der Waals surface area contributed by atoms with Crippen LogP contribution in [-0.2, 0) is 12.6 Å². The Balaban J connectivity index is 0.00000256. The van der Waals surface area contributed by atoms with Gasteiger partial charge in [-0.3, -0.25) is 0 Å². The van der Waals surface area contributed by atoms with Gasteiger partial charge in [0.05, 0.1) is 21.1 Å². The standard InChI is InChI=1S/C14H26NSi.HI/c1-15(2,3)11-13-7-9-14(10-8-13)12-16(4,5)6;/h7-10H,11-12H2,1-6H3;1H/q+1;/p-1. The molecule has 0 bridgehead atoms. The van der Waals surface area contributed by atoms with Crippen LogP contribution >= 0.6 is 0 Å². The fourth-order valence-electron chi connectivity index (χ4n) is 1.92. The average Bonchev–Trinajstić information content (AvgIpc) is 2.03. The summed E-state index contributed by atoms with van der Waals surface area (Å²) in [5, 5.41) is 0. The third-order valence-electron chi connectivity index (χ3n) is 2.41. The van der Waals surface area contributed by atoms with Gasteiger partial charge in [0.25, 0.3) is 0 Å². The summed E-state index contributed by atoms with van der Waals surface area (Å²) in [7, 11) is 5.73. The van der Waals surface area contributed by atoms with Crippen molar-refractivity contribution < 1.29 is 28.5 Å². The Hall–Kier alpha value is 0.127. The summed E-state index contributed by atoms with van der Waals surface area (Å²) >= 11 is 0. The Morgan fingerprint density at radius 2 is 1.29 bits per heavy atom. The second kappa shape index (κ2) is 6.34. The second-order valence-electron chi connectivity index (χ2n) is 7.00. The zero-order valence-electron chi connectivity index (χ0n) is 12.0. The van der Waals surface area contributed by atoms with Crippen LogP contribution in [0.2, 0.25) is 19.6 Å². The minimum absolute atomic E-state index is 0. The van der Waals surface area contributed by atoms with Crippen LogP contribution in [0.1, 0.15) is 11.1 Å². The first-order chi connectivity index (χ1) is 7.16. The molecule has 0 aliphatic heterocycles. The van der Waals surface area contributed by atoms with Crippen molar-refractivity contribution in [1.82, 2.24) is 0 Å². The zero-order chi connectivity index (χ0) is 12.4. The lowest BCUT2D eigenvalue weighted by molar-refractivity contribution is -0.884. The molecule has 1 aromatic rings. The Labute approximate surface area is 125 Å². The van der Waals surface area contributed by atoms with Gasteiger partial charge >= 0.3 is 0 Å². The van der Waals surface area contributed by atoms with E-state index in [0.717, 1.165) is 11.0 Å². The summed E-state index contributed by atoms with van der Waals surface area (Å²) in [6, 6.07) is 10.5. The number of quaternary nitrogens is 1. The highest BCUT2D eigenvalue weighted by Gasteiger charge is 2.14. The molecular weight excluding hydrogens is 337 g/mol. The molecule has 0 heterocycles. The van der Waals surface area contributed by atoms with Crippen LogP contribution in [0.3, 0.4) is 0 Å². The van der Waals surface area contributed by atoms with Gasteiger partial charge in [0.15, 0.2) is 0 Å². The fraction of sp³-hybridized carbons (Fsp3) is 0.571. The van der Waals surface area contributed by atoms with Crippen LogP contribution in [0.4, 0.5) is 0 Å². The summed E-state index contributed by atoms with van der Waals surface area (Å²) in [6.45, 7) is 8.38. The molecule has 0 amide bonds. The van der Waals surface area contributed by atoms with E-state index in [4.69, 9.17) is 0 Å². The molecule has 0 aromatic heterocycles. The molecule has 3 heteroatoms. The zero-order valence-corrected chi connectivity index (χ0v) is 15.2. The maximum Gasteiger partial charge on any atom is 0.104 e. The van der Waals surface area contributed by atoms with E-state index in [1.807, 2.05) is 0 Å². The maximum atomic E-state index is 2.42. The maximum absolute atomic E-state index is 2.42. The minimum Gasteiger partial charge on any atom is -1.00 e. The van der Waals surface area contributed by atoms with Gasteiger partial charge in [0.2, 0.25) is 0 Å². The molecule has 0 unspecified atom stereocenters. The second-order valence-corrected chi connectivity index (χ2v) is 12.5. The molecule has 0 saturated carbocycles. The molecule has 0 fully saturated rings. The predicted molar refractivity (Wildman–Crippen MR) is 75.2 cm³/mol. The van der Waals surface area contributed by atoms with Gasteiger partial charge in [-0.05, 0) is 6.04 Å². The number of hydrogen-bond donors (Lipinski definition) is 0. The van der Waals surface area contributed by atoms with E-state index < -0.39 is 8.07 Å². The molecule has 1 rings (SSSR count). The lowest BCUT2D eigenvalue weighted by atomic mass is 10.1. The van der Waals surface area contributed by atoms with Crippen molar-refractivity contribution in [2.24, 2.45) is 0 Å². The molecule has 1 aromatic carbocycles. The molecule has 17 heavy (non-hydrogen) atoms. The van der Waals surface area contributed by atoms with Crippen molar-refractivity contribution in [3.05, 3.63) is 35.4 Å². The Kier molecular flexibility index (Phi) is 6.39. The summed E-state index contributed by atoms with van der Waals surface area (Å²) in [5.41, 5.74) is 2.94. The lowest BCUT2D eigenvalue weighted by Gasteiger charge is -2.24. The van der Waals surface area contributed by atoms with E-state index in [-0.39, 0.29) is 24.0 Å². The Morgan fingerprint density at radius 1 is 0.882 bits per heavy atom. The fourth-order valence-corrected chi connectivity index (χ4v) is 3.38. The smallest absolute Gasteiger partial charge is 0.104 e. The van der Waals surface area contributed by atoms with E-state index in [0.29, 0.717) is 0 Å². The highest BCUT2D eigenvalue weighted by molar-refractivity contribution is 6.75. The topological polar surface area (TPSA) is 0 Å². The van der Waals surface area contributed by atoms with E-state index in [9.17, 15) is 0 Å². The summed E-state index contributed by atoms with van der Waals surface area (Å²) in [5.74, 6) is 0. The van der Waals surface area contributed by atoms with Crippen LogP contribution < -0.4 is 24.0 Å². The van der Waals surface area contributed by atoms with Crippen molar-refractivity contribution in [2.75, 3.05) is 21.1 Å². The molecule has 0 N–H and O–H groups in total. The van der Waals surface area contributed by atoms with Gasteiger partial charge in [0, 0.05) is 13.6 Å². The molecule has 0 aliphatic carbocycles. The number of benzene rings is 1. The number of hydrogen-bond acceptors (Lipinski definition) is 0. The van der Waals surface area contributed by atoms with Crippen molar-refractivity contribution in [2.45, 2.75) is 32.2 Å². The summed E-state index contributed by atoms with van der Waals surface area (Å²) in [4.78, 5) is 0. The van der Waals surface area contributed by atoms with Gasteiger partial charge in [0.1, 0.15) is 6.54 Å². The van der Waals surface area contributed by atoms with Crippen LogP contribution in [0.15, 0.2) is 24.3 Å². The first-order valence-electron chi connectivity index (χ1n) is 6.04. The van der Waals surface area contributed by atoms with Crippen LogP contribution in [0, 0.1) is 0 Å². The minimum atomic E-state index is -0.966. The Bertz CT molecular complexity index is 298. The van der Waals surface area contributed by atoms with Gasteiger partial charge in [-0.1, -0.05) is 49.5 Å². The SMILES string of the molecule is C[N+](C)(C)Cc1ccc(C[Si](C)(C)C)cc1.[I-].